The molecular weight excluding hydrogens is 448 g/mol. The SMILES string of the molecule is CC(C)(C)OC(=O)C(C(=O)C(F)(F)F)=P(c1ccccc1)(c1ccccc1)c1ccccc1. The van der Waals surface area contributed by atoms with Crippen LogP contribution in [0, 0.1) is 0 Å². The number of carbonyl (C=O) groups is 2. The quantitative estimate of drug-likeness (QED) is 0.309. The van der Waals surface area contributed by atoms with Gasteiger partial charge >= 0.3 is 12.1 Å². The summed E-state index contributed by atoms with van der Waals surface area (Å²) in [5.74, 6) is -3.46. The number of rotatable bonds is 5. The third-order valence-corrected chi connectivity index (χ3v) is 9.11. The molecule has 33 heavy (non-hydrogen) atoms. The largest absolute Gasteiger partial charge is 0.456 e. The predicted molar refractivity (Wildman–Crippen MR) is 127 cm³/mol. The molecule has 0 aliphatic heterocycles. The van der Waals surface area contributed by atoms with Crippen LogP contribution in [-0.4, -0.2) is 28.8 Å². The van der Waals surface area contributed by atoms with Crippen molar-refractivity contribution in [1.82, 2.24) is 0 Å². The number of alkyl halides is 3. The number of esters is 1. The molecule has 3 aromatic carbocycles. The molecule has 3 nitrogen and oxygen atoms in total. The minimum atomic E-state index is -5.27. The first-order valence-electron chi connectivity index (χ1n) is 10.3. The molecule has 0 fully saturated rings. The molecule has 0 radical (unpaired) electrons. The van der Waals surface area contributed by atoms with Gasteiger partial charge in [-0.3, -0.25) is 4.79 Å². The highest BCUT2D eigenvalue weighted by molar-refractivity contribution is 7.97. The second kappa shape index (κ2) is 9.40. The van der Waals surface area contributed by atoms with Crippen molar-refractivity contribution in [3.63, 3.8) is 0 Å². The fourth-order valence-corrected chi connectivity index (χ4v) is 7.91. The van der Waals surface area contributed by atoms with Gasteiger partial charge in [0.15, 0.2) is 0 Å². The molecule has 0 bridgehead atoms. The summed E-state index contributed by atoms with van der Waals surface area (Å²) in [5, 5.41) is 0.441. The van der Waals surface area contributed by atoms with Crippen LogP contribution in [0.15, 0.2) is 91.0 Å². The highest BCUT2D eigenvalue weighted by Crippen LogP contribution is 2.47. The molecular formula is C26H24F3O3P. The molecule has 0 saturated heterocycles. The van der Waals surface area contributed by atoms with Crippen LogP contribution in [0.2, 0.25) is 0 Å². The Morgan fingerprint density at radius 3 is 1.27 bits per heavy atom. The van der Waals surface area contributed by atoms with Gasteiger partial charge in [0, 0.05) is 0 Å². The molecule has 0 heterocycles. The average molecular weight is 472 g/mol. The maximum Gasteiger partial charge on any atom is 0.455 e. The zero-order chi connectivity index (χ0) is 24.3. The number of ether oxygens (including phenoxy) is 1. The van der Waals surface area contributed by atoms with Gasteiger partial charge < -0.3 is 4.74 Å². The van der Waals surface area contributed by atoms with Crippen LogP contribution >= 0.6 is 6.89 Å². The van der Waals surface area contributed by atoms with Crippen molar-refractivity contribution in [1.29, 1.82) is 0 Å². The predicted octanol–water partition coefficient (Wildman–Crippen LogP) is 4.63. The highest BCUT2D eigenvalue weighted by atomic mass is 31.2. The summed E-state index contributed by atoms with van der Waals surface area (Å²) < 4.78 is 47.4. The number of hydrogen-bond donors (Lipinski definition) is 0. The Morgan fingerprint density at radius 2 is 1.00 bits per heavy atom. The van der Waals surface area contributed by atoms with Crippen LogP contribution in [0.5, 0.6) is 0 Å². The normalized spacial score (nSPS) is 12.2. The lowest BCUT2D eigenvalue weighted by Crippen LogP contribution is -2.45. The van der Waals surface area contributed by atoms with E-state index in [0.29, 0.717) is 15.9 Å². The van der Waals surface area contributed by atoms with Crippen molar-refractivity contribution in [2.75, 3.05) is 0 Å². The molecule has 0 atom stereocenters. The van der Waals surface area contributed by atoms with E-state index < -0.39 is 35.7 Å². The summed E-state index contributed by atoms with van der Waals surface area (Å²) in [6.07, 6.45) is -5.27. The summed E-state index contributed by atoms with van der Waals surface area (Å²) in [5.41, 5.74) is -1.10. The van der Waals surface area contributed by atoms with E-state index in [-0.39, 0.29) is 0 Å². The van der Waals surface area contributed by atoms with Crippen LogP contribution in [0.25, 0.3) is 0 Å². The highest BCUT2D eigenvalue weighted by Gasteiger charge is 2.49. The first-order chi connectivity index (χ1) is 15.5. The summed E-state index contributed by atoms with van der Waals surface area (Å²) in [6.45, 7) is 1.06. The molecule has 7 heteroatoms. The Kier molecular flexibility index (Phi) is 6.99. The Hall–Kier alpha value is -3.11. The fourth-order valence-electron chi connectivity index (χ4n) is 3.63. The number of Topliss-reactive ketones (excluding diaryl/α,β-unsaturated/α-hetero) is 1. The Morgan fingerprint density at radius 1 is 0.667 bits per heavy atom. The lowest BCUT2D eigenvalue weighted by Gasteiger charge is -2.32. The summed E-state index contributed by atoms with van der Waals surface area (Å²) in [6, 6.07) is 25.2. The Balaban J connectivity index is 2.65. The van der Waals surface area contributed by atoms with Crippen molar-refractivity contribution in [2.24, 2.45) is 0 Å². The smallest absolute Gasteiger partial charge is 0.455 e. The second-order valence-electron chi connectivity index (χ2n) is 8.35. The Bertz CT molecular complexity index is 1080. The van der Waals surface area contributed by atoms with Crippen LogP contribution in [-0.2, 0) is 14.3 Å². The van der Waals surface area contributed by atoms with Gasteiger partial charge in [0.2, 0.25) is 0 Å². The van der Waals surface area contributed by atoms with Gasteiger partial charge in [-0.05, 0) is 43.6 Å². The molecule has 0 N–H and O–H groups in total. The third-order valence-electron chi connectivity index (χ3n) is 4.83. The second-order valence-corrected chi connectivity index (χ2v) is 11.7. The summed E-state index contributed by atoms with van der Waals surface area (Å²) in [4.78, 5) is 26.5. The standard InChI is InChI=1S/C26H24F3O3P/c1-25(2,3)32-24(31)22(23(30)26(27,28)29)33(19-13-7-4-8-14-19,20-15-9-5-10-16-20)21-17-11-6-12-18-21/h4-18H,1-3H3. The fraction of sp³-hybridized carbons (Fsp3) is 0.192. The van der Waals surface area contributed by atoms with E-state index in [0.717, 1.165) is 0 Å². The maximum atomic E-state index is 14.0. The number of hydrogen-bond acceptors (Lipinski definition) is 3. The van der Waals surface area contributed by atoms with Crippen LogP contribution in [0.3, 0.4) is 0 Å². The zero-order valence-electron chi connectivity index (χ0n) is 18.5. The third kappa shape index (κ3) is 5.12. The van der Waals surface area contributed by atoms with E-state index in [9.17, 15) is 22.8 Å². The van der Waals surface area contributed by atoms with Gasteiger partial charge in [-0.1, -0.05) is 91.0 Å². The van der Waals surface area contributed by atoms with Crippen molar-refractivity contribution in [3.8, 4) is 0 Å². The Labute approximate surface area is 191 Å². The number of halogens is 3. The molecule has 3 rings (SSSR count). The first kappa shape index (κ1) is 24.5. The molecule has 0 aliphatic carbocycles. The zero-order valence-corrected chi connectivity index (χ0v) is 19.4. The van der Waals surface area contributed by atoms with Crippen LogP contribution in [0.1, 0.15) is 20.8 Å². The minimum absolute atomic E-state index is 0.445. The molecule has 172 valence electrons. The summed E-state index contributed by atoms with van der Waals surface area (Å²) >= 11 is 0. The van der Waals surface area contributed by atoms with E-state index in [1.807, 2.05) is 0 Å². The van der Waals surface area contributed by atoms with Crippen LogP contribution < -0.4 is 15.9 Å². The first-order valence-corrected chi connectivity index (χ1v) is 12.0. The van der Waals surface area contributed by atoms with Gasteiger partial charge in [-0.25, -0.2) is 4.79 Å². The topological polar surface area (TPSA) is 43.4 Å². The van der Waals surface area contributed by atoms with E-state index in [4.69, 9.17) is 4.74 Å². The molecule has 0 spiro atoms. The molecule has 0 unspecified atom stereocenters. The van der Waals surface area contributed by atoms with Crippen molar-refractivity contribution < 1.29 is 27.5 Å². The van der Waals surface area contributed by atoms with Gasteiger partial charge in [0.25, 0.3) is 5.78 Å². The van der Waals surface area contributed by atoms with Crippen molar-refractivity contribution in [2.45, 2.75) is 32.5 Å². The van der Waals surface area contributed by atoms with E-state index in [1.54, 1.807) is 112 Å². The lowest BCUT2D eigenvalue weighted by atomic mass is 10.2. The van der Waals surface area contributed by atoms with Crippen molar-refractivity contribution >= 4 is 39.8 Å². The van der Waals surface area contributed by atoms with E-state index >= 15 is 0 Å². The molecule has 0 aromatic heterocycles. The maximum absolute atomic E-state index is 14.0. The number of benzene rings is 3. The molecule has 3 aromatic rings. The van der Waals surface area contributed by atoms with Gasteiger partial charge in [-0.15, -0.1) is 0 Å². The molecule has 0 aliphatic rings. The van der Waals surface area contributed by atoms with Gasteiger partial charge in [-0.2, -0.15) is 13.2 Å². The average Bonchev–Trinajstić information content (AvgIpc) is 2.77. The van der Waals surface area contributed by atoms with Gasteiger partial charge in [0.05, 0.1) is 0 Å². The van der Waals surface area contributed by atoms with Gasteiger partial charge in [0.1, 0.15) is 10.9 Å². The van der Waals surface area contributed by atoms with Crippen LogP contribution in [0.4, 0.5) is 13.2 Å². The summed E-state index contributed by atoms with van der Waals surface area (Å²) in [7, 11) is 0. The minimum Gasteiger partial charge on any atom is -0.456 e. The van der Waals surface area contributed by atoms with Crippen molar-refractivity contribution in [3.05, 3.63) is 91.0 Å². The lowest BCUT2D eigenvalue weighted by molar-refractivity contribution is -0.164. The monoisotopic (exact) mass is 472 g/mol. The van der Waals surface area contributed by atoms with E-state index in [2.05, 4.69) is 0 Å². The van der Waals surface area contributed by atoms with E-state index in [1.165, 1.54) is 0 Å². The molecule has 0 amide bonds. The molecule has 0 saturated carbocycles. The number of ketones is 1. The number of carbonyl (C=O) groups excluding carboxylic acids is 2.